The van der Waals surface area contributed by atoms with Crippen molar-refractivity contribution in [3.63, 3.8) is 0 Å². The summed E-state index contributed by atoms with van der Waals surface area (Å²) in [7, 11) is 1.74. The standard InChI is InChI=1S/C14H20N2O/c1-9(2)12-6-13(11(4)17-5)14-15-10(3)7-16(14)8-12/h6-9,11H,1-5H3. The maximum atomic E-state index is 5.43. The van der Waals surface area contributed by atoms with Gasteiger partial charge in [0.25, 0.3) is 0 Å². The zero-order valence-corrected chi connectivity index (χ0v) is 11.2. The number of ether oxygens (including phenoxy) is 1. The minimum atomic E-state index is 0.0676. The third kappa shape index (κ3) is 2.20. The predicted molar refractivity (Wildman–Crippen MR) is 69.4 cm³/mol. The highest BCUT2D eigenvalue weighted by molar-refractivity contribution is 5.52. The summed E-state index contributed by atoms with van der Waals surface area (Å²) in [5.74, 6) is 0.505. The second-order valence-corrected chi connectivity index (χ2v) is 4.87. The van der Waals surface area contributed by atoms with E-state index >= 15 is 0 Å². The van der Waals surface area contributed by atoms with E-state index in [-0.39, 0.29) is 6.10 Å². The van der Waals surface area contributed by atoms with Crippen LogP contribution in [-0.2, 0) is 4.74 Å². The highest BCUT2D eigenvalue weighted by atomic mass is 16.5. The van der Waals surface area contributed by atoms with Gasteiger partial charge in [-0.3, -0.25) is 0 Å². The summed E-state index contributed by atoms with van der Waals surface area (Å²) in [5.41, 5.74) is 4.51. The van der Waals surface area contributed by atoms with Crippen LogP contribution < -0.4 is 0 Å². The van der Waals surface area contributed by atoms with Crippen molar-refractivity contribution < 1.29 is 4.74 Å². The molecule has 3 nitrogen and oxygen atoms in total. The third-order valence-electron chi connectivity index (χ3n) is 3.18. The van der Waals surface area contributed by atoms with Crippen molar-refractivity contribution in [3.05, 3.63) is 35.3 Å². The topological polar surface area (TPSA) is 26.5 Å². The van der Waals surface area contributed by atoms with Crippen LogP contribution in [0.15, 0.2) is 18.5 Å². The van der Waals surface area contributed by atoms with Gasteiger partial charge in [-0.1, -0.05) is 13.8 Å². The van der Waals surface area contributed by atoms with Crippen LogP contribution in [0.1, 0.15) is 49.6 Å². The molecule has 92 valence electrons. The molecule has 0 saturated heterocycles. The molecule has 0 aliphatic rings. The Hall–Kier alpha value is -1.35. The van der Waals surface area contributed by atoms with Crippen molar-refractivity contribution in [2.24, 2.45) is 0 Å². The number of aromatic nitrogens is 2. The van der Waals surface area contributed by atoms with Crippen LogP contribution in [0.25, 0.3) is 5.65 Å². The zero-order chi connectivity index (χ0) is 12.6. The first kappa shape index (κ1) is 12.1. The Labute approximate surface area is 102 Å². The predicted octanol–water partition coefficient (Wildman–Crippen LogP) is 3.47. The Kier molecular flexibility index (Phi) is 3.20. The van der Waals surface area contributed by atoms with E-state index in [2.05, 4.69) is 48.6 Å². The summed E-state index contributed by atoms with van der Waals surface area (Å²) in [6.07, 6.45) is 4.29. The highest BCUT2D eigenvalue weighted by Crippen LogP contribution is 2.25. The molecule has 2 rings (SSSR count). The molecular formula is C14H20N2O. The molecule has 0 aromatic carbocycles. The van der Waals surface area contributed by atoms with Crippen LogP contribution in [0.4, 0.5) is 0 Å². The van der Waals surface area contributed by atoms with Gasteiger partial charge in [0.15, 0.2) is 0 Å². The van der Waals surface area contributed by atoms with Crippen LogP contribution in [-0.4, -0.2) is 16.5 Å². The Morgan fingerprint density at radius 1 is 1.24 bits per heavy atom. The molecule has 0 saturated carbocycles. The summed E-state index contributed by atoms with van der Waals surface area (Å²) in [4.78, 5) is 4.57. The lowest BCUT2D eigenvalue weighted by Gasteiger charge is -2.14. The smallest absolute Gasteiger partial charge is 0.142 e. The Balaban J connectivity index is 2.68. The molecule has 0 aliphatic heterocycles. The number of aryl methyl sites for hydroxylation is 1. The average molecular weight is 232 g/mol. The fourth-order valence-corrected chi connectivity index (χ4v) is 2.01. The molecule has 2 aromatic rings. The van der Waals surface area contributed by atoms with Crippen LogP contribution in [0.2, 0.25) is 0 Å². The minimum Gasteiger partial charge on any atom is -0.377 e. The molecule has 1 atom stereocenters. The minimum absolute atomic E-state index is 0.0676. The molecule has 3 heteroatoms. The second kappa shape index (κ2) is 4.49. The van der Waals surface area contributed by atoms with Gasteiger partial charge in [-0.25, -0.2) is 4.98 Å². The van der Waals surface area contributed by atoms with Crippen molar-refractivity contribution in [3.8, 4) is 0 Å². The molecule has 0 radical (unpaired) electrons. The Bertz CT molecular complexity index is 528. The summed E-state index contributed by atoms with van der Waals surface area (Å²) < 4.78 is 7.54. The molecule has 0 bridgehead atoms. The van der Waals surface area contributed by atoms with Crippen LogP contribution in [0.5, 0.6) is 0 Å². The number of imidazole rings is 1. The first-order chi connectivity index (χ1) is 8.02. The van der Waals surface area contributed by atoms with Gasteiger partial charge in [0.2, 0.25) is 0 Å². The summed E-state index contributed by atoms with van der Waals surface area (Å²) in [5, 5.41) is 0. The third-order valence-corrected chi connectivity index (χ3v) is 3.18. The quantitative estimate of drug-likeness (QED) is 0.810. The molecule has 0 N–H and O–H groups in total. The van der Waals surface area contributed by atoms with Crippen molar-refractivity contribution in [2.75, 3.05) is 7.11 Å². The van der Waals surface area contributed by atoms with E-state index in [1.165, 1.54) is 5.56 Å². The van der Waals surface area contributed by atoms with Gasteiger partial charge in [-0.05, 0) is 31.4 Å². The first-order valence-electron chi connectivity index (χ1n) is 6.05. The number of fused-ring (bicyclic) bond motifs is 1. The number of rotatable bonds is 3. The monoisotopic (exact) mass is 232 g/mol. The molecule has 0 amide bonds. The van der Waals surface area contributed by atoms with E-state index in [1.54, 1.807) is 7.11 Å². The van der Waals surface area contributed by atoms with Crippen molar-refractivity contribution in [1.82, 2.24) is 9.38 Å². The van der Waals surface area contributed by atoms with Gasteiger partial charge < -0.3 is 9.14 Å². The van der Waals surface area contributed by atoms with E-state index in [4.69, 9.17) is 4.74 Å². The molecule has 0 spiro atoms. The van der Waals surface area contributed by atoms with Crippen LogP contribution in [0, 0.1) is 6.92 Å². The summed E-state index contributed by atoms with van der Waals surface area (Å²) in [6, 6.07) is 2.21. The average Bonchev–Trinajstić information content (AvgIpc) is 2.66. The number of hydrogen-bond acceptors (Lipinski definition) is 2. The van der Waals surface area contributed by atoms with E-state index in [0.717, 1.165) is 16.9 Å². The first-order valence-corrected chi connectivity index (χ1v) is 6.05. The van der Waals surface area contributed by atoms with E-state index < -0.39 is 0 Å². The second-order valence-electron chi connectivity index (χ2n) is 4.87. The van der Waals surface area contributed by atoms with Gasteiger partial charge in [-0.15, -0.1) is 0 Å². The van der Waals surface area contributed by atoms with Gasteiger partial charge in [0, 0.05) is 25.1 Å². The van der Waals surface area contributed by atoms with E-state index in [9.17, 15) is 0 Å². The SMILES string of the molecule is COC(C)c1cc(C(C)C)cn2cc(C)nc12. The summed E-state index contributed by atoms with van der Waals surface area (Å²) >= 11 is 0. The van der Waals surface area contributed by atoms with Crippen molar-refractivity contribution >= 4 is 5.65 Å². The lowest BCUT2D eigenvalue weighted by molar-refractivity contribution is 0.120. The lowest BCUT2D eigenvalue weighted by Crippen LogP contribution is -2.03. The van der Waals surface area contributed by atoms with Gasteiger partial charge in [0.1, 0.15) is 5.65 Å². The highest BCUT2D eigenvalue weighted by Gasteiger charge is 2.14. The number of methoxy groups -OCH3 is 1. The maximum Gasteiger partial charge on any atom is 0.142 e. The molecule has 0 fully saturated rings. The fourth-order valence-electron chi connectivity index (χ4n) is 2.01. The Morgan fingerprint density at radius 3 is 2.53 bits per heavy atom. The molecule has 1 unspecified atom stereocenters. The zero-order valence-electron chi connectivity index (χ0n) is 11.2. The Morgan fingerprint density at radius 2 is 1.94 bits per heavy atom. The number of nitrogens with zero attached hydrogens (tertiary/aromatic N) is 2. The number of pyridine rings is 1. The van der Waals surface area contributed by atoms with Crippen molar-refractivity contribution in [2.45, 2.75) is 39.7 Å². The number of hydrogen-bond donors (Lipinski definition) is 0. The van der Waals surface area contributed by atoms with Gasteiger partial charge in [-0.2, -0.15) is 0 Å². The van der Waals surface area contributed by atoms with E-state index in [1.807, 2.05) is 6.92 Å². The normalized spacial score (nSPS) is 13.5. The summed E-state index contributed by atoms with van der Waals surface area (Å²) in [6.45, 7) is 8.48. The molecule has 0 aliphatic carbocycles. The van der Waals surface area contributed by atoms with Crippen LogP contribution in [0.3, 0.4) is 0 Å². The van der Waals surface area contributed by atoms with Crippen molar-refractivity contribution in [1.29, 1.82) is 0 Å². The molecule has 17 heavy (non-hydrogen) atoms. The van der Waals surface area contributed by atoms with Gasteiger partial charge in [0.05, 0.1) is 11.8 Å². The van der Waals surface area contributed by atoms with Gasteiger partial charge >= 0.3 is 0 Å². The fraction of sp³-hybridized carbons (Fsp3) is 0.500. The maximum absolute atomic E-state index is 5.43. The van der Waals surface area contributed by atoms with Crippen LogP contribution >= 0.6 is 0 Å². The molecular weight excluding hydrogens is 212 g/mol. The molecule has 2 heterocycles. The van der Waals surface area contributed by atoms with E-state index in [0.29, 0.717) is 5.92 Å². The largest absolute Gasteiger partial charge is 0.377 e. The molecule has 2 aromatic heterocycles. The lowest BCUT2D eigenvalue weighted by atomic mass is 10.0.